The maximum Gasteiger partial charge on any atom is 0.310 e. The minimum Gasteiger partial charge on any atom is -0.481 e. The van der Waals surface area contributed by atoms with Gasteiger partial charge in [-0.3, -0.25) is 9.59 Å². The summed E-state index contributed by atoms with van der Waals surface area (Å²) in [5.74, 6) is -0.819. The number of Topliss-reactive ketones (excluding diaryl/α,β-unsaturated/α-hetero) is 1. The molecule has 0 aromatic heterocycles. The molecule has 1 aromatic rings. The minimum atomic E-state index is -1.06. The molecule has 1 atom stereocenters. The van der Waals surface area contributed by atoms with Crippen molar-refractivity contribution in [3.05, 3.63) is 35.9 Å². The molecule has 1 rings (SSSR count). The summed E-state index contributed by atoms with van der Waals surface area (Å²) in [6.45, 7) is 1.61. The molecule has 3 nitrogen and oxygen atoms in total. The van der Waals surface area contributed by atoms with Crippen molar-refractivity contribution in [1.29, 1.82) is 0 Å². The van der Waals surface area contributed by atoms with Crippen LogP contribution in [0.1, 0.15) is 25.3 Å². The molecule has 0 bridgehead atoms. The molecule has 0 aliphatic carbocycles. The number of halogens is 1. The molecule has 1 N–H and O–H groups in total. The van der Waals surface area contributed by atoms with Crippen LogP contribution in [0.3, 0.4) is 0 Å². The van der Waals surface area contributed by atoms with Crippen LogP contribution >= 0.6 is 11.6 Å². The second-order valence-corrected chi connectivity index (χ2v) is 5.06. The number of rotatable bonds is 7. The fourth-order valence-corrected chi connectivity index (χ4v) is 2.10. The molecule has 98 valence electrons. The second-order valence-electron chi connectivity index (χ2n) is 4.68. The number of carboxylic acids is 1. The van der Waals surface area contributed by atoms with Crippen molar-refractivity contribution in [3.63, 3.8) is 0 Å². The predicted octanol–water partition coefficient (Wildman–Crippen LogP) is 2.91. The van der Waals surface area contributed by atoms with Crippen LogP contribution in [-0.4, -0.2) is 22.7 Å². The molecular formula is C14H17ClO3. The predicted molar refractivity (Wildman–Crippen MR) is 70.8 cm³/mol. The summed E-state index contributed by atoms with van der Waals surface area (Å²) in [6, 6.07) is 9.33. The average molecular weight is 269 g/mol. The zero-order valence-corrected chi connectivity index (χ0v) is 11.1. The smallest absolute Gasteiger partial charge is 0.310 e. The molecule has 0 amide bonds. The largest absolute Gasteiger partial charge is 0.481 e. The lowest BCUT2D eigenvalue weighted by Gasteiger charge is -2.24. The van der Waals surface area contributed by atoms with Crippen LogP contribution in [0.25, 0.3) is 0 Å². The first kappa shape index (κ1) is 14.7. The third kappa shape index (κ3) is 4.15. The summed E-state index contributed by atoms with van der Waals surface area (Å²) in [5, 5.41) is 9.33. The lowest BCUT2D eigenvalue weighted by molar-refractivity contribution is -0.150. The Kier molecular flexibility index (Phi) is 5.35. The van der Waals surface area contributed by atoms with Crippen LogP contribution in [0, 0.1) is 5.41 Å². The average Bonchev–Trinajstić information content (AvgIpc) is 2.30. The Labute approximate surface area is 112 Å². The van der Waals surface area contributed by atoms with E-state index in [2.05, 4.69) is 0 Å². The molecule has 0 heterocycles. The van der Waals surface area contributed by atoms with Crippen molar-refractivity contribution in [2.75, 3.05) is 5.88 Å². The van der Waals surface area contributed by atoms with E-state index in [1.54, 1.807) is 6.92 Å². The highest BCUT2D eigenvalue weighted by Gasteiger charge is 2.35. The van der Waals surface area contributed by atoms with Crippen LogP contribution in [0.5, 0.6) is 0 Å². The Bertz CT molecular complexity index is 416. The van der Waals surface area contributed by atoms with Crippen LogP contribution in [0.4, 0.5) is 0 Å². The number of carbonyl (C=O) groups excluding carboxylic acids is 1. The van der Waals surface area contributed by atoms with Gasteiger partial charge in [0, 0.05) is 18.7 Å². The fourth-order valence-electron chi connectivity index (χ4n) is 1.89. The van der Waals surface area contributed by atoms with Crippen molar-refractivity contribution in [1.82, 2.24) is 0 Å². The number of carboxylic acid groups (broad SMARTS) is 1. The molecule has 1 unspecified atom stereocenters. The number of ketones is 1. The van der Waals surface area contributed by atoms with E-state index >= 15 is 0 Å². The lowest BCUT2D eigenvalue weighted by atomic mass is 9.79. The highest BCUT2D eigenvalue weighted by Crippen LogP contribution is 2.28. The van der Waals surface area contributed by atoms with Gasteiger partial charge >= 0.3 is 5.97 Å². The first-order chi connectivity index (χ1) is 8.48. The van der Waals surface area contributed by atoms with Gasteiger partial charge < -0.3 is 5.11 Å². The zero-order chi connectivity index (χ0) is 13.6. The van der Waals surface area contributed by atoms with E-state index < -0.39 is 11.4 Å². The monoisotopic (exact) mass is 268 g/mol. The maximum absolute atomic E-state index is 11.6. The first-order valence-corrected chi connectivity index (χ1v) is 6.36. The first-order valence-electron chi connectivity index (χ1n) is 5.83. The van der Waals surface area contributed by atoms with Gasteiger partial charge in [0.1, 0.15) is 5.78 Å². The van der Waals surface area contributed by atoms with E-state index in [0.717, 1.165) is 5.56 Å². The van der Waals surface area contributed by atoms with E-state index in [0.29, 0.717) is 6.42 Å². The van der Waals surface area contributed by atoms with Crippen molar-refractivity contribution in [2.45, 2.75) is 26.2 Å². The van der Waals surface area contributed by atoms with Gasteiger partial charge in [-0.1, -0.05) is 30.3 Å². The van der Waals surface area contributed by atoms with Crippen LogP contribution in [-0.2, 0) is 16.0 Å². The van der Waals surface area contributed by atoms with E-state index in [4.69, 9.17) is 11.6 Å². The summed E-state index contributed by atoms with van der Waals surface area (Å²) in [5.41, 5.74) is -0.147. The van der Waals surface area contributed by atoms with Gasteiger partial charge in [0.05, 0.1) is 5.41 Å². The van der Waals surface area contributed by atoms with Gasteiger partial charge in [-0.05, 0) is 18.9 Å². The van der Waals surface area contributed by atoms with Gasteiger partial charge in [0.2, 0.25) is 0 Å². The van der Waals surface area contributed by atoms with Crippen molar-refractivity contribution in [2.24, 2.45) is 5.41 Å². The molecule has 0 spiro atoms. The molecule has 1 aromatic carbocycles. The Morgan fingerprint density at radius 3 is 2.39 bits per heavy atom. The Hall–Kier alpha value is -1.35. The Morgan fingerprint density at radius 2 is 1.89 bits per heavy atom. The standard InChI is InChI=1S/C14H17ClO3/c1-14(13(17)18,10-12(16)7-8-15)9-11-5-3-2-4-6-11/h2-6H,7-10H2,1H3,(H,17,18). The lowest BCUT2D eigenvalue weighted by Crippen LogP contribution is -2.32. The molecule has 0 aliphatic rings. The summed E-state index contributed by atoms with van der Waals surface area (Å²) in [4.78, 5) is 23.0. The number of hydrogen-bond donors (Lipinski definition) is 1. The summed E-state index contributed by atoms with van der Waals surface area (Å²) < 4.78 is 0. The third-order valence-corrected chi connectivity index (χ3v) is 3.10. The Balaban J connectivity index is 2.81. The third-order valence-electron chi connectivity index (χ3n) is 2.91. The van der Waals surface area contributed by atoms with Crippen molar-refractivity contribution < 1.29 is 14.7 Å². The summed E-state index contributed by atoms with van der Waals surface area (Å²) >= 11 is 5.50. The number of benzene rings is 1. The molecule has 0 radical (unpaired) electrons. The topological polar surface area (TPSA) is 54.4 Å². The van der Waals surface area contributed by atoms with Crippen molar-refractivity contribution >= 4 is 23.4 Å². The number of aliphatic carboxylic acids is 1. The maximum atomic E-state index is 11.6. The van der Waals surface area contributed by atoms with Gasteiger partial charge in [0.25, 0.3) is 0 Å². The molecular weight excluding hydrogens is 252 g/mol. The van der Waals surface area contributed by atoms with E-state index in [-0.39, 0.29) is 24.5 Å². The Morgan fingerprint density at radius 1 is 1.28 bits per heavy atom. The normalized spacial score (nSPS) is 13.9. The number of alkyl halides is 1. The highest BCUT2D eigenvalue weighted by atomic mass is 35.5. The number of hydrogen-bond acceptors (Lipinski definition) is 2. The second kappa shape index (κ2) is 6.55. The van der Waals surface area contributed by atoms with E-state index in [9.17, 15) is 14.7 Å². The molecule has 0 saturated heterocycles. The van der Waals surface area contributed by atoms with Crippen molar-refractivity contribution in [3.8, 4) is 0 Å². The fraction of sp³-hybridized carbons (Fsp3) is 0.429. The molecule has 4 heteroatoms. The molecule has 0 aliphatic heterocycles. The van der Waals surface area contributed by atoms with Crippen LogP contribution in [0.15, 0.2) is 30.3 Å². The highest BCUT2D eigenvalue weighted by molar-refractivity contribution is 6.19. The molecule has 0 saturated carbocycles. The quantitative estimate of drug-likeness (QED) is 0.774. The SMILES string of the molecule is CC(CC(=O)CCCl)(Cc1ccccc1)C(=O)O. The van der Waals surface area contributed by atoms with Crippen LogP contribution < -0.4 is 0 Å². The van der Waals surface area contributed by atoms with E-state index in [1.807, 2.05) is 30.3 Å². The molecule has 18 heavy (non-hydrogen) atoms. The number of carbonyl (C=O) groups is 2. The molecule has 0 fully saturated rings. The van der Waals surface area contributed by atoms with Crippen LogP contribution in [0.2, 0.25) is 0 Å². The summed E-state index contributed by atoms with van der Waals surface area (Å²) in [7, 11) is 0. The van der Waals surface area contributed by atoms with Gasteiger partial charge in [-0.25, -0.2) is 0 Å². The van der Waals surface area contributed by atoms with Gasteiger partial charge in [-0.15, -0.1) is 11.6 Å². The minimum absolute atomic E-state index is 0.0178. The zero-order valence-electron chi connectivity index (χ0n) is 10.4. The summed E-state index contributed by atoms with van der Waals surface area (Å²) in [6.07, 6.45) is 0.584. The van der Waals surface area contributed by atoms with E-state index in [1.165, 1.54) is 0 Å². The van der Waals surface area contributed by atoms with Gasteiger partial charge in [0.15, 0.2) is 0 Å². The van der Waals surface area contributed by atoms with Gasteiger partial charge in [-0.2, -0.15) is 0 Å².